The normalized spacial score (nSPS) is 15.2. The fourth-order valence-corrected chi connectivity index (χ4v) is 3.44. The average molecular weight is 403 g/mol. The van der Waals surface area contributed by atoms with Gasteiger partial charge in [-0.3, -0.25) is 14.9 Å². The van der Waals surface area contributed by atoms with Crippen molar-refractivity contribution in [3.05, 3.63) is 77.6 Å². The minimum Gasteiger partial charge on any atom is -0.497 e. The monoisotopic (exact) mass is 403 g/mol. The predicted molar refractivity (Wildman–Crippen MR) is 111 cm³/mol. The maximum atomic E-state index is 12.6. The number of ether oxygens (including phenoxy) is 2. The second-order valence-electron chi connectivity index (χ2n) is 7.01. The van der Waals surface area contributed by atoms with E-state index >= 15 is 0 Å². The van der Waals surface area contributed by atoms with Gasteiger partial charge >= 0.3 is 0 Å². The number of fused-ring (bicyclic) bond motifs is 1. The summed E-state index contributed by atoms with van der Waals surface area (Å²) in [4.78, 5) is 33.3. The first-order valence-electron chi connectivity index (χ1n) is 9.63. The Hall–Kier alpha value is -3.74. The van der Waals surface area contributed by atoms with Gasteiger partial charge in [-0.25, -0.2) is 9.97 Å². The van der Waals surface area contributed by atoms with Gasteiger partial charge in [-0.2, -0.15) is 0 Å². The standard InChI is InChI=1S/C23H21N3O4/c1-29-17-9-7-15(8-10-17)16-11-20-19(21(27)12-16)13-24-23(25-20)26-22(28)14-30-18-5-3-2-4-6-18/h2-10,13,16H,11-12,14H2,1H3,(H,24,25,26,28)/t16-/m1/s1. The lowest BCUT2D eigenvalue weighted by Gasteiger charge is -2.23. The van der Waals surface area contributed by atoms with Crippen LogP contribution in [0.1, 0.15) is 34.0 Å². The number of ketones is 1. The number of rotatable bonds is 6. The molecule has 1 N–H and O–H groups in total. The van der Waals surface area contributed by atoms with E-state index in [4.69, 9.17) is 9.47 Å². The number of aromatic nitrogens is 2. The van der Waals surface area contributed by atoms with Gasteiger partial charge in [0.25, 0.3) is 5.91 Å². The summed E-state index contributed by atoms with van der Waals surface area (Å²) in [7, 11) is 1.62. The van der Waals surface area contributed by atoms with E-state index in [0.29, 0.717) is 29.8 Å². The maximum Gasteiger partial charge on any atom is 0.264 e. The van der Waals surface area contributed by atoms with E-state index in [1.165, 1.54) is 6.20 Å². The lowest BCUT2D eigenvalue weighted by molar-refractivity contribution is -0.118. The number of benzene rings is 2. The van der Waals surface area contributed by atoms with Crippen LogP contribution in [-0.2, 0) is 11.2 Å². The molecule has 1 aliphatic rings. The van der Waals surface area contributed by atoms with E-state index in [0.717, 1.165) is 11.3 Å². The summed E-state index contributed by atoms with van der Waals surface area (Å²) in [6, 6.07) is 16.8. The molecule has 4 rings (SSSR count). The van der Waals surface area contributed by atoms with E-state index in [9.17, 15) is 9.59 Å². The Morgan fingerprint density at radius 3 is 2.57 bits per heavy atom. The number of carbonyl (C=O) groups excluding carboxylic acids is 2. The Morgan fingerprint density at radius 1 is 1.07 bits per heavy atom. The molecule has 1 aliphatic carbocycles. The molecule has 30 heavy (non-hydrogen) atoms. The van der Waals surface area contributed by atoms with Gasteiger partial charge in [-0.05, 0) is 42.2 Å². The number of amides is 1. The zero-order valence-corrected chi connectivity index (χ0v) is 16.5. The van der Waals surface area contributed by atoms with Crippen molar-refractivity contribution in [2.24, 2.45) is 0 Å². The Kier molecular flexibility index (Phi) is 5.70. The Balaban J connectivity index is 1.44. The van der Waals surface area contributed by atoms with E-state index in [-0.39, 0.29) is 30.2 Å². The molecular weight excluding hydrogens is 382 g/mol. The lowest BCUT2D eigenvalue weighted by atomic mass is 9.82. The molecule has 1 amide bonds. The van der Waals surface area contributed by atoms with Crippen LogP contribution in [-0.4, -0.2) is 35.4 Å². The van der Waals surface area contributed by atoms with E-state index in [1.807, 2.05) is 42.5 Å². The number of hydrogen-bond donors (Lipinski definition) is 1. The van der Waals surface area contributed by atoms with Crippen LogP contribution in [0, 0.1) is 0 Å². The highest BCUT2D eigenvalue weighted by Crippen LogP contribution is 2.32. The maximum absolute atomic E-state index is 12.6. The van der Waals surface area contributed by atoms with Gasteiger partial charge in [-0.1, -0.05) is 30.3 Å². The molecule has 0 saturated heterocycles. The van der Waals surface area contributed by atoms with Crippen molar-refractivity contribution < 1.29 is 19.1 Å². The summed E-state index contributed by atoms with van der Waals surface area (Å²) in [6.45, 7) is -0.155. The van der Waals surface area contributed by atoms with Crippen molar-refractivity contribution in [1.82, 2.24) is 9.97 Å². The number of hydrogen-bond acceptors (Lipinski definition) is 6. The first-order valence-corrected chi connectivity index (χ1v) is 9.63. The molecule has 0 radical (unpaired) electrons. The van der Waals surface area contributed by atoms with Crippen molar-refractivity contribution in [3.8, 4) is 11.5 Å². The van der Waals surface area contributed by atoms with Gasteiger partial charge in [-0.15, -0.1) is 0 Å². The van der Waals surface area contributed by atoms with Crippen LogP contribution >= 0.6 is 0 Å². The van der Waals surface area contributed by atoms with Crippen LogP contribution in [0.3, 0.4) is 0 Å². The average Bonchev–Trinajstić information content (AvgIpc) is 2.78. The van der Waals surface area contributed by atoms with Gasteiger partial charge in [0.2, 0.25) is 5.95 Å². The highest BCUT2D eigenvalue weighted by Gasteiger charge is 2.28. The number of anilines is 1. The molecule has 1 atom stereocenters. The summed E-state index contributed by atoms with van der Waals surface area (Å²) in [5, 5.41) is 2.63. The molecule has 1 aromatic heterocycles. The molecule has 152 valence electrons. The second kappa shape index (κ2) is 8.73. The van der Waals surface area contributed by atoms with Crippen molar-refractivity contribution in [2.75, 3.05) is 19.0 Å². The minimum atomic E-state index is -0.368. The van der Waals surface area contributed by atoms with Crippen LogP contribution < -0.4 is 14.8 Å². The first-order chi connectivity index (χ1) is 14.6. The van der Waals surface area contributed by atoms with Crippen LogP contribution in [0.4, 0.5) is 5.95 Å². The van der Waals surface area contributed by atoms with Crippen LogP contribution in [0.2, 0.25) is 0 Å². The summed E-state index contributed by atoms with van der Waals surface area (Å²) < 4.78 is 10.6. The van der Waals surface area contributed by atoms with Gasteiger partial charge < -0.3 is 9.47 Å². The highest BCUT2D eigenvalue weighted by atomic mass is 16.5. The lowest BCUT2D eigenvalue weighted by Crippen LogP contribution is -2.24. The number of Topliss-reactive ketones (excluding diaryl/α,β-unsaturated/α-hetero) is 1. The Bertz CT molecular complexity index is 1050. The van der Waals surface area contributed by atoms with Crippen molar-refractivity contribution in [3.63, 3.8) is 0 Å². The SMILES string of the molecule is COc1ccc([C@H]2CC(=O)c3cnc(NC(=O)COc4ccccc4)nc3C2)cc1. The molecule has 0 fully saturated rings. The first kappa shape index (κ1) is 19.6. The van der Waals surface area contributed by atoms with Gasteiger partial charge in [0.1, 0.15) is 11.5 Å². The highest BCUT2D eigenvalue weighted by molar-refractivity contribution is 5.99. The Labute approximate surface area is 174 Å². The third-order valence-electron chi connectivity index (χ3n) is 4.99. The number of methoxy groups -OCH3 is 1. The molecule has 0 spiro atoms. The largest absolute Gasteiger partial charge is 0.497 e. The third-order valence-corrected chi connectivity index (χ3v) is 4.99. The fourth-order valence-electron chi connectivity index (χ4n) is 3.44. The molecule has 0 saturated carbocycles. The summed E-state index contributed by atoms with van der Waals surface area (Å²) in [6.07, 6.45) is 2.49. The van der Waals surface area contributed by atoms with Gasteiger partial charge in [0, 0.05) is 12.6 Å². The summed E-state index contributed by atoms with van der Waals surface area (Å²) in [5.41, 5.74) is 2.20. The van der Waals surface area contributed by atoms with Gasteiger partial charge in [0.05, 0.1) is 18.4 Å². The zero-order chi connectivity index (χ0) is 20.9. The van der Waals surface area contributed by atoms with E-state index in [1.54, 1.807) is 19.2 Å². The third kappa shape index (κ3) is 4.46. The Morgan fingerprint density at radius 2 is 1.83 bits per heavy atom. The van der Waals surface area contributed by atoms with Crippen molar-refractivity contribution in [2.45, 2.75) is 18.8 Å². The summed E-state index contributed by atoms with van der Waals surface area (Å²) >= 11 is 0. The van der Waals surface area contributed by atoms with Crippen LogP contribution in [0.5, 0.6) is 11.5 Å². The zero-order valence-electron chi connectivity index (χ0n) is 16.5. The van der Waals surface area contributed by atoms with E-state index < -0.39 is 0 Å². The molecular formula is C23H21N3O4. The van der Waals surface area contributed by atoms with E-state index in [2.05, 4.69) is 15.3 Å². The molecule has 2 aromatic carbocycles. The van der Waals surface area contributed by atoms with Crippen molar-refractivity contribution >= 4 is 17.6 Å². The molecule has 0 bridgehead atoms. The quantitative estimate of drug-likeness (QED) is 0.678. The number of para-hydroxylation sites is 1. The van der Waals surface area contributed by atoms with Gasteiger partial charge in [0.15, 0.2) is 12.4 Å². The number of nitrogens with zero attached hydrogens (tertiary/aromatic N) is 2. The van der Waals surface area contributed by atoms with Crippen molar-refractivity contribution in [1.29, 1.82) is 0 Å². The number of nitrogens with one attached hydrogen (secondary N) is 1. The minimum absolute atomic E-state index is 0.00218. The molecule has 0 aliphatic heterocycles. The fraction of sp³-hybridized carbons (Fsp3) is 0.217. The smallest absolute Gasteiger partial charge is 0.264 e. The summed E-state index contributed by atoms with van der Waals surface area (Å²) in [5.74, 6) is 1.20. The van der Waals surface area contributed by atoms with Crippen LogP contribution in [0.25, 0.3) is 0 Å². The second-order valence-corrected chi connectivity index (χ2v) is 7.01. The molecule has 7 heteroatoms. The molecule has 7 nitrogen and oxygen atoms in total. The van der Waals surface area contributed by atoms with Crippen LogP contribution in [0.15, 0.2) is 60.8 Å². The molecule has 0 unspecified atom stereocenters. The predicted octanol–water partition coefficient (Wildman–Crippen LogP) is 3.42. The number of carbonyl (C=O) groups is 2. The topological polar surface area (TPSA) is 90.4 Å². The molecule has 1 heterocycles. The molecule has 3 aromatic rings.